The average molecular weight is 271 g/mol. The second-order valence-electron chi connectivity index (χ2n) is 2.80. The molecule has 0 saturated carbocycles. The van der Waals surface area contributed by atoms with Crippen LogP contribution in [0.1, 0.15) is 18.1 Å². The van der Waals surface area contributed by atoms with Gasteiger partial charge in [-0.25, -0.2) is 0 Å². The lowest BCUT2D eigenvalue weighted by Gasteiger charge is -2.10. The van der Waals surface area contributed by atoms with Crippen molar-refractivity contribution in [2.75, 3.05) is 0 Å². The molecule has 0 amide bonds. The zero-order chi connectivity index (χ0) is 9.14. The fraction of sp³-hybridized carbons (Fsp3) is 0.182. The molecule has 0 aromatic heterocycles. The molecule has 1 aromatic rings. The van der Waals surface area contributed by atoms with E-state index in [1.165, 1.54) is 20.6 Å². The molecule has 0 aliphatic heterocycles. The first kappa shape index (κ1) is 9.78. The molecular weight excluding hydrogens is 259 g/mol. The third-order valence-electron chi connectivity index (χ3n) is 2.00. The number of hydrogen-bond donors (Lipinski definition) is 0. The van der Waals surface area contributed by atoms with Crippen LogP contribution in [-0.2, 0) is 0 Å². The second-order valence-corrected chi connectivity index (χ2v) is 3.96. The lowest BCUT2D eigenvalue weighted by atomic mass is 9.97. The Morgan fingerprint density at radius 3 is 2.75 bits per heavy atom. The lowest BCUT2D eigenvalue weighted by Crippen LogP contribution is -1.95. The summed E-state index contributed by atoms with van der Waals surface area (Å²) in [7, 11) is 0. The van der Waals surface area contributed by atoms with Gasteiger partial charge in [-0.2, -0.15) is 0 Å². The van der Waals surface area contributed by atoms with E-state index in [4.69, 9.17) is 0 Å². The number of halogens is 1. The maximum absolute atomic E-state index is 3.77. The normalized spacial score (nSPS) is 10.3. The summed E-state index contributed by atoms with van der Waals surface area (Å²) >= 11 is 2.35. The minimum atomic E-state index is 1.24. The molecule has 1 radical (unpaired) electrons. The summed E-state index contributed by atoms with van der Waals surface area (Å²) < 4.78 is 1.31. The van der Waals surface area contributed by atoms with Gasteiger partial charge >= 0.3 is 0 Å². The van der Waals surface area contributed by atoms with E-state index in [9.17, 15) is 0 Å². The molecule has 0 fully saturated rings. The van der Waals surface area contributed by atoms with Crippen LogP contribution >= 0.6 is 22.6 Å². The van der Waals surface area contributed by atoms with E-state index in [1.54, 1.807) is 0 Å². The molecule has 0 unspecified atom stereocenters. The van der Waals surface area contributed by atoms with Crippen LogP contribution < -0.4 is 0 Å². The highest BCUT2D eigenvalue weighted by Gasteiger charge is 2.06. The molecule has 0 saturated heterocycles. The maximum Gasteiger partial charge on any atom is 0.0233 e. The molecular formula is C11H12I. The Labute approximate surface area is 87.8 Å². The van der Waals surface area contributed by atoms with Crippen molar-refractivity contribution in [3.63, 3.8) is 0 Å². The van der Waals surface area contributed by atoms with Crippen LogP contribution in [0.3, 0.4) is 0 Å². The highest BCUT2D eigenvalue weighted by atomic mass is 127. The highest BCUT2D eigenvalue weighted by Crippen LogP contribution is 2.22. The van der Waals surface area contributed by atoms with Gasteiger partial charge in [0.1, 0.15) is 0 Å². The summed E-state index contributed by atoms with van der Waals surface area (Å²) in [6, 6.07) is 6.33. The summed E-state index contributed by atoms with van der Waals surface area (Å²) in [5.41, 5.74) is 2.65. The van der Waals surface area contributed by atoms with E-state index in [0.29, 0.717) is 0 Å². The minimum Gasteiger partial charge on any atom is -0.102 e. The van der Waals surface area contributed by atoms with Crippen LogP contribution in [-0.4, -0.2) is 0 Å². The van der Waals surface area contributed by atoms with Crippen molar-refractivity contribution in [2.45, 2.75) is 13.8 Å². The van der Waals surface area contributed by atoms with Gasteiger partial charge in [-0.1, -0.05) is 25.1 Å². The predicted molar refractivity (Wildman–Crippen MR) is 62.1 cm³/mol. The molecule has 1 rings (SSSR count). The molecule has 12 heavy (non-hydrogen) atoms. The van der Waals surface area contributed by atoms with E-state index >= 15 is 0 Å². The molecule has 0 aliphatic rings. The highest BCUT2D eigenvalue weighted by molar-refractivity contribution is 14.1. The Bertz CT molecular complexity index is 289. The number of allylic oxidation sites excluding steroid dienone is 1. The minimum absolute atomic E-state index is 1.24. The molecule has 1 heteroatoms. The van der Waals surface area contributed by atoms with Gasteiger partial charge in [0.15, 0.2) is 0 Å². The summed E-state index contributed by atoms with van der Waals surface area (Å²) in [5.74, 6) is 1.24. The van der Waals surface area contributed by atoms with Crippen molar-refractivity contribution in [1.29, 1.82) is 0 Å². The Kier molecular flexibility index (Phi) is 3.32. The van der Waals surface area contributed by atoms with Gasteiger partial charge in [0, 0.05) is 9.49 Å². The summed E-state index contributed by atoms with van der Waals surface area (Å²) in [5, 5.41) is 0. The first-order valence-corrected chi connectivity index (χ1v) is 4.96. The average Bonchev–Trinajstić information content (AvgIpc) is 2.08. The van der Waals surface area contributed by atoms with Gasteiger partial charge in [-0.15, -0.1) is 6.58 Å². The van der Waals surface area contributed by atoms with Gasteiger partial charge in [-0.05, 0) is 46.7 Å². The van der Waals surface area contributed by atoms with Crippen LogP contribution in [0.2, 0.25) is 0 Å². The Hall–Kier alpha value is -0.310. The van der Waals surface area contributed by atoms with Crippen molar-refractivity contribution in [2.24, 2.45) is 0 Å². The predicted octanol–water partition coefficient (Wildman–Crippen LogP) is 3.73. The molecule has 0 nitrogen and oxygen atoms in total. The van der Waals surface area contributed by atoms with Crippen LogP contribution in [0.25, 0.3) is 0 Å². The SMILES string of the molecule is C=C[C](C)c1cccc(I)c1C. The molecule has 0 heterocycles. The largest absolute Gasteiger partial charge is 0.102 e. The maximum atomic E-state index is 3.77. The number of benzene rings is 1. The van der Waals surface area contributed by atoms with Crippen LogP contribution in [0.5, 0.6) is 0 Å². The summed E-state index contributed by atoms with van der Waals surface area (Å²) in [6.45, 7) is 8.00. The van der Waals surface area contributed by atoms with Gasteiger partial charge in [-0.3, -0.25) is 0 Å². The van der Waals surface area contributed by atoms with Gasteiger partial charge in [0.05, 0.1) is 0 Å². The summed E-state index contributed by atoms with van der Waals surface area (Å²) in [6.07, 6.45) is 1.90. The van der Waals surface area contributed by atoms with E-state index in [1.807, 2.05) is 6.08 Å². The lowest BCUT2D eigenvalue weighted by molar-refractivity contribution is 1.20. The van der Waals surface area contributed by atoms with Crippen molar-refractivity contribution in [3.8, 4) is 0 Å². The van der Waals surface area contributed by atoms with Crippen molar-refractivity contribution in [3.05, 3.63) is 51.5 Å². The zero-order valence-electron chi connectivity index (χ0n) is 7.39. The topological polar surface area (TPSA) is 0 Å². The molecule has 63 valence electrons. The van der Waals surface area contributed by atoms with Crippen LogP contribution in [0.15, 0.2) is 30.9 Å². The fourth-order valence-electron chi connectivity index (χ4n) is 1.14. The molecule has 0 bridgehead atoms. The molecule has 0 N–H and O–H groups in total. The molecule has 0 aliphatic carbocycles. The Balaban J connectivity index is 3.15. The van der Waals surface area contributed by atoms with Gasteiger partial charge in [0.25, 0.3) is 0 Å². The molecule has 0 spiro atoms. The van der Waals surface area contributed by atoms with E-state index in [-0.39, 0.29) is 0 Å². The third kappa shape index (κ3) is 1.89. The van der Waals surface area contributed by atoms with Crippen molar-refractivity contribution >= 4 is 22.6 Å². The third-order valence-corrected chi connectivity index (χ3v) is 3.17. The van der Waals surface area contributed by atoms with Crippen molar-refractivity contribution < 1.29 is 0 Å². The fourth-order valence-corrected chi connectivity index (χ4v) is 1.64. The van der Waals surface area contributed by atoms with E-state index < -0.39 is 0 Å². The van der Waals surface area contributed by atoms with Gasteiger partial charge < -0.3 is 0 Å². The zero-order valence-corrected chi connectivity index (χ0v) is 9.55. The van der Waals surface area contributed by atoms with E-state index in [2.05, 4.69) is 61.2 Å². The molecule has 0 atom stereocenters. The number of rotatable bonds is 2. The van der Waals surface area contributed by atoms with E-state index in [0.717, 1.165) is 0 Å². The Morgan fingerprint density at radius 2 is 2.17 bits per heavy atom. The van der Waals surface area contributed by atoms with Crippen molar-refractivity contribution in [1.82, 2.24) is 0 Å². The first-order chi connectivity index (χ1) is 5.66. The summed E-state index contributed by atoms with van der Waals surface area (Å²) in [4.78, 5) is 0. The smallest absolute Gasteiger partial charge is 0.0233 e. The van der Waals surface area contributed by atoms with Gasteiger partial charge in [0.2, 0.25) is 0 Å². The monoisotopic (exact) mass is 271 g/mol. The second kappa shape index (κ2) is 4.08. The quantitative estimate of drug-likeness (QED) is 0.719. The number of hydrogen-bond acceptors (Lipinski definition) is 0. The standard InChI is InChI=1S/C11H12I/c1-4-8(2)10-6-5-7-11(12)9(10)3/h4-7H,1H2,2-3H3. The van der Waals surface area contributed by atoms with Crippen LogP contribution in [0, 0.1) is 16.4 Å². The Morgan fingerprint density at radius 1 is 1.50 bits per heavy atom. The molecule has 1 aromatic carbocycles. The first-order valence-electron chi connectivity index (χ1n) is 3.88. The van der Waals surface area contributed by atoms with Crippen LogP contribution in [0.4, 0.5) is 0 Å².